The van der Waals surface area contributed by atoms with Crippen molar-refractivity contribution in [1.82, 2.24) is 14.7 Å². The van der Waals surface area contributed by atoms with Crippen LogP contribution in [0.5, 0.6) is 0 Å². The highest BCUT2D eigenvalue weighted by Crippen LogP contribution is 2.42. The van der Waals surface area contributed by atoms with E-state index in [1.165, 1.54) is 19.2 Å². The van der Waals surface area contributed by atoms with E-state index in [9.17, 15) is 18.0 Å². The van der Waals surface area contributed by atoms with E-state index in [0.717, 1.165) is 12.1 Å². The van der Waals surface area contributed by atoms with Gasteiger partial charge in [-0.3, -0.25) is 4.79 Å². The highest BCUT2D eigenvalue weighted by atomic mass is 32.2. The van der Waals surface area contributed by atoms with Crippen molar-refractivity contribution in [2.75, 3.05) is 23.9 Å². The van der Waals surface area contributed by atoms with Crippen molar-refractivity contribution in [3.63, 3.8) is 0 Å². The van der Waals surface area contributed by atoms with Crippen LogP contribution >= 0.6 is 0 Å². The fourth-order valence-electron chi connectivity index (χ4n) is 5.27. The molecule has 4 heterocycles. The maximum atomic E-state index is 13.5. The molecule has 4 bridgehead atoms. The van der Waals surface area contributed by atoms with E-state index in [1.807, 2.05) is 20.8 Å². The third-order valence-electron chi connectivity index (χ3n) is 7.50. The lowest BCUT2D eigenvalue weighted by Gasteiger charge is -2.34. The second kappa shape index (κ2) is 9.83. The highest BCUT2D eigenvalue weighted by Gasteiger charge is 2.44. The second-order valence-corrected chi connectivity index (χ2v) is 13.6. The van der Waals surface area contributed by atoms with E-state index in [4.69, 9.17) is 9.72 Å². The van der Waals surface area contributed by atoms with Crippen LogP contribution in [0.4, 0.5) is 11.6 Å². The van der Waals surface area contributed by atoms with Gasteiger partial charge in [-0.25, -0.2) is 19.5 Å². The van der Waals surface area contributed by atoms with E-state index in [1.54, 1.807) is 18.2 Å². The van der Waals surface area contributed by atoms with Crippen molar-refractivity contribution in [2.45, 2.75) is 76.4 Å². The molecule has 2 aromatic heterocycles. The zero-order chi connectivity index (χ0) is 28.0. The van der Waals surface area contributed by atoms with Gasteiger partial charge in [-0.05, 0) is 62.8 Å². The summed E-state index contributed by atoms with van der Waals surface area (Å²) in [5.41, 5.74) is 0.323. The molecule has 11 heteroatoms. The second-order valence-electron chi connectivity index (χ2n) is 11.9. The minimum absolute atomic E-state index is 0.0935. The number of hydrogen-bond donors (Lipinski definition) is 2. The fraction of sp³-hybridized carbons (Fsp3) is 0.556. The van der Waals surface area contributed by atoms with Crippen LogP contribution in [-0.2, 0) is 25.0 Å². The first-order chi connectivity index (χ1) is 17.6. The average Bonchev–Trinajstić information content (AvgIpc) is 3.16. The Kier molecular flexibility index (Phi) is 7.20. The van der Waals surface area contributed by atoms with E-state index >= 15 is 0 Å². The molecule has 1 unspecified atom stereocenters. The number of carbonyl (C=O) groups excluding carboxylic acids is 2. The van der Waals surface area contributed by atoms with Crippen LogP contribution in [0.25, 0.3) is 0 Å². The van der Waals surface area contributed by atoms with Gasteiger partial charge in [0.1, 0.15) is 17.7 Å². The third kappa shape index (κ3) is 5.48. The number of sulfonamides is 1. The number of hydrogen-bond acceptors (Lipinski definition) is 9. The van der Waals surface area contributed by atoms with Crippen molar-refractivity contribution in [2.24, 2.45) is 11.8 Å². The summed E-state index contributed by atoms with van der Waals surface area (Å²) in [5, 5.41) is 2.71. The number of ether oxygens (including phenoxy) is 1. The van der Waals surface area contributed by atoms with Gasteiger partial charge in [0.15, 0.2) is 5.03 Å². The van der Waals surface area contributed by atoms with Gasteiger partial charge >= 0.3 is 5.97 Å². The molecule has 3 atom stereocenters. The molecular formula is C27H37N5O5S. The van der Waals surface area contributed by atoms with Crippen LogP contribution in [0.15, 0.2) is 35.4 Å². The first kappa shape index (κ1) is 27.8. The van der Waals surface area contributed by atoms with Gasteiger partial charge < -0.3 is 15.0 Å². The summed E-state index contributed by atoms with van der Waals surface area (Å²) in [6.07, 6.45) is 1.26. The number of aromatic nitrogens is 2. The van der Waals surface area contributed by atoms with Gasteiger partial charge in [0.25, 0.3) is 15.9 Å². The first-order valence-corrected chi connectivity index (χ1v) is 14.3. The number of methoxy groups -OCH3 is 1. The standard InChI is InChI=1S/C27H37N5O5S/c1-16-13-19(25(34)37-7)28-21-9-8-10-22(30-21)38(35,36)31-24(33)18-11-12-20(26(2,3)4)29-23(18)32-15-17(16)14-27(32,5)6/h8-12,16-17,19H,13-15H2,1-7H3,(H,28,30)(H,31,33)/t16-,17-,19?/m0/s1. The number of fused-ring (bicyclic) bond motifs is 6. The Labute approximate surface area is 224 Å². The van der Waals surface area contributed by atoms with Crippen LogP contribution in [0.1, 0.15) is 70.4 Å². The van der Waals surface area contributed by atoms with Crippen molar-refractivity contribution in [3.8, 4) is 0 Å². The fourth-order valence-corrected chi connectivity index (χ4v) is 6.21. The summed E-state index contributed by atoms with van der Waals surface area (Å²) in [6.45, 7) is 13.0. The monoisotopic (exact) mass is 543 g/mol. The van der Waals surface area contributed by atoms with Gasteiger partial charge in [0.2, 0.25) is 0 Å². The quantitative estimate of drug-likeness (QED) is 0.519. The number of amides is 1. The van der Waals surface area contributed by atoms with Crippen molar-refractivity contribution in [1.29, 1.82) is 0 Å². The Balaban J connectivity index is 1.89. The van der Waals surface area contributed by atoms with E-state index < -0.39 is 27.9 Å². The van der Waals surface area contributed by atoms with E-state index in [2.05, 4.69) is 40.7 Å². The average molecular weight is 544 g/mol. The minimum atomic E-state index is -4.32. The van der Waals surface area contributed by atoms with Gasteiger partial charge in [0.05, 0.1) is 12.7 Å². The molecule has 2 aliphatic heterocycles. The number of rotatable bonds is 1. The molecule has 1 amide bonds. The van der Waals surface area contributed by atoms with Crippen LogP contribution in [-0.4, -0.2) is 55.5 Å². The lowest BCUT2D eigenvalue weighted by Crippen LogP contribution is -2.41. The molecule has 10 nitrogen and oxygen atoms in total. The van der Waals surface area contributed by atoms with Crippen molar-refractivity contribution >= 4 is 33.5 Å². The van der Waals surface area contributed by atoms with Crippen LogP contribution in [0, 0.1) is 11.8 Å². The number of anilines is 2. The van der Waals surface area contributed by atoms with E-state index in [0.29, 0.717) is 18.8 Å². The lowest BCUT2D eigenvalue weighted by atomic mass is 9.84. The SMILES string of the molecule is COC(=O)C1C[C@H](C)[C@@H]2CN(c3nc(C(C)(C)C)ccc3C(=O)NS(=O)(=O)c3cccc(n3)N1)C(C)(C)C2. The molecule has 0 aliphatic carbocycles. The lowest BCUT2D eigenvalue weighted by molar-refractivity contribution is -0.142. The Morgan fingerprint density at radius 2 is 1.87 bits per heavy atom. The minimum Gasteiger partial charge on any atom is -0.467 e. The van der Waals surface area contributed by atoms with Crippen LogP contribution in [0.2, 0.25) is 0 Å². The summed E-state index contributed by atoms with van der Waals surface area (Å²) in [7, 11) is -3.00. The van der Waals surface area contributed by atoms with Crippen LogP contribution < -0.4 is 14.9 Å². The maximum absolute atomic E-state index is 13.5. The summed E-state index contributed by atoms with van der Waals surface area (Å²) in [6, 6.07) is 7.07. The van der Waals surface area contributed by atoms with Crippen molar-refractivity contribution in [3.05, 3.63) is 41.6 Å². The van der Waals surface area contributed by atoms with Gasteiger partial charge in [0, 0.05) is 23.2 Å². The van der Waals surface area contributed by atoms with Crippen LogP contribution in [0.3, 0.4) is 0 Å². The number of carbonyl (C=O) groups is 2. The number of pyridine rings is 2. The predicted octanol–water partition coefficient (Wildman–Crippen LogP) is 3.49. The maximum Gasteiger partial charge on any atom is 0.328 e. The molecule has 4 rings (SSSR count). The Bertz CT molecular complexity index is 1350. The molecule has 0 aromatic carbocycles. The molecular weight excluding hydrogens is 506 g/mol. The molecule has 2 aromatic rings. The molecule has 2 aliphatic rings. The van der Waals surface area contributed by atoms with E-state index in [-0.39, 0.29) is 39.2 Å². The highest BCUT2D eigenvalue weighted by molar-refractivity contribution is 7.90. The zero-order valence-corrected chi connectivity index (χ0v) is 23.8. The largest absolute Gasteiger partial charge is 0.467 e. The van der Waals surface area contributed by atoms with Gasteiger partial charge in [-0.2, -0.15) is 8.42 Å². The topological polar surface area (TPSA) is 131 Å². The predicted molar refractivity (Wildman–Crippen MR) is 145 cm³/mol. The Morgan fingerprint density at radius 3 is 2.53 bits per heavy atom. The molecule has 2 N–H and O–H groups in total. The molecule has 1 saturated heterocycles. The molecule has 0 spiro atoms. The van der Waals surface area contributed by atoms with Gasteiger partial charge in [-0.15, -0.1) is 0 Å². The number of nitrogens with zero attached hydrogens (tertiary/aromatic N) is 3. The van der Waals surface area contributed by atoms with Gasteiger partial charge in [-0.1, -0.05) is 33.8 Å². The van der Waals surface area contributed by atoms with Crippen molar-refractivity contribution < 1.29 is 22.7 Å². The normalized spacial score (nSPS) is 24.8. The summed E-state index contributed by atoms with van der Waals surface area (Å²) >= 11 is 0. The zero-order valence-electron chi connectivity index (χ0n) is 23.0. The smallest absolute Gasteiger partial charge is 0.328 e. The molecule has 38 heavy (non-hydrogen) atoms. The molecule has 1 fully saturated rings. The number of esters is 1. The third-order valence-corrected chi connectivity index (χ3v) is 8.73. The molecule has 206 valence electrons. The summed E-state index contributed by atoms with van der Waals surface area (Å²) < 4.78 is 33.6. The molecule has 0 saturated carbocycles. The Hall–Kier alpha value is -3.21. The first-order valence-electron chi connectivity index (χ1n) is 12.8. The number of nitrogens with one attached hydrogen (secondary N) is 2. The molecule has 0 radical (unpaired) electrons. The Morgan fingerprint density at radius 1 is 1.16 bits per heavy atom. The summed E-state index contributed by atoms with van der Waals surface area (Å²) in [4.78, 5) is 37.4. The summed E-state index contributed by atoms with van der Waals surface area (Å²) in [5.74, 6) is -0.311.